The maximum Gasteiger partial charge on any atom is 0.254 e. The minimum Gasteiger partial charge on any atom is -0.345 e. The lowest BCUT2D eigenvalue weighted by atomic mass is 10.2. The van der Waals surface area contributed by atoms with E-state index < -0.39 is 27.8 Å². The highest BCUT2D eigenvalue weighted by atomic mass is 32.2. The lowest BCUT2D eigenvalue weighted by molar-refractivity contribution is 0.0936. The number of hydrogen-bond acceptors (Lipinski definition) is 4. The number of halogens is 1. The van der Waals surface area contributed by atoms with Crippen molar-refractivity contribution in [2.45, 2.75) is 17.2 Å². The molecule has 0 saturated carbocycles. The summed E-state index contributed by atoms with van der Waals surface area (Å²) in [4.78, 5) is 12.6. The molecule has 2 rings (SSSR count). The summed E-state index contributed by atoms with van der Waals surface area (Å²) < 4.78 is 35.9. The van der Waals surface area contributed by atoms with E-state index in [9.17, 15) is 17.6 Å². The molecule has 0 fully saturated rings. The van der Waals surface area contributed by atoms with Crippen molar-refractivity contribution in [3.05, 3.63) is 52.7 Å². The summed E-state index contributed by atoms with van der Waals surface area (Å²) in [6, 6.07) is 8.11. The third-order valence-corrected chi connectivity index (χ3v) is 5.48. The second kappa shape index (κ2) is 5.92. The fourth-order valence-electron chi connectivity index (χ4n) is 1.71. The Hall–Kier alpha value is -1.77. The van der Waals surface area contributed by atoms with Gasteiger partial charge in [0.25, 0.3) is 5.91 Å². The molecular formula is C13H13FN2O3S2. The number of carbonyl (C=O) groups is 1. The molecular weight excluding hydrogens is 315 g/mol. The predicted molar refractivity (Wildman–Crippen MR) is 78.0 cm³/mol. The molecule has 2 aromatic rings. The highest BCUT2D eigenvalue weighted by Gasteiger charge is 2.18. The highest BCUT2D eigenvalue weighted by molar-refractivity contribution is 7.91. The topological polar surface area (TPSA) is 89.3 Å². The van der Waals surface area contributed by atoms with E-state index in [1.807, 2.05) is 0 Å². The zero-order chi connectivity index (χ0) is 15.6. The number of nitrogens with one attached hydrogen (secondary N) is 1. The number of rotatable bonds is 4. The molecule has 3 N–H and O–H groups in total. The molecule has 0 radical (unpaired) electrons. The lowest BCUT2D eigenvalue weighted by Gasteiger charge is -2.12. The molecule has 1 aromatic carbocycles. The molecule has 1 heterocycles. The number of thiophene rings is 1. The zero-order valence-electron chi connectivity index (χ0n) is 11.0. The van der Waals surface area contributed by atoms with Gasteiger partial charge in [0.05, 0.1) is 11.6 Å². The molecule has 1 aromatic heterocycles. The molecule has 1 amide bonds. The molecule has 5 nitrogen and oxygen atoms in total. The predicted octanol–water partition coefficient (Wildman–Crippen LogP) is 2.03. The Kier molecular flexibility index (Phi) is 4.40. The summed E-state index contributed by atoms with van der Waals surface area (Å²) >= 11 is 0.968. The number of benzene rings is 1. The van der Waals surface area contributed by atoms with Gasteiger partial charge in [-0.25, -0.2) is 17.9 Å². The second-order valence-corrected chi connectivity index (χ2v) is 7.28. The van der Waals surface area contributed by atoms with Crippen LogP contribution < -0.4 is 10.5 Å². The van der Waals surface area contributed by atoms with Crippen LogP contribution in [0.4, 0.5) is 4.39 Å². The van der Waals surface area contributed by atoms with Crippen molar-refractivity contribution in [3.8, 4) is 0 Å². The summed E-state index contributed by atoms with van der Waals surface area (Å²) in [5.74, 6) is -1.18. The first-order valence-electron chi connectivity index (χ1n) is 5.97. The molecule has 0 bridgehead atoms. The largest absolute Gasteiger partial charge is 0.345 e. The molecule has 0 aliphatic rings. The van der Waals surface area contributed by atoms with Gasteiger partial charge in [-0.1, -0.05) is 12.1 Å². The first-order chi connectivity index (χ1) is 9.79. The van der Waals surface area contributed by atoms with E-state index >= 15 is 0 Å². The Bertz CT molecular complexity index is 771. The van der Waals surface area contributed by atoms with Gasteiger partial charge in [0.15, 0.2) is 0 Å². The van der Waals surface area contributed by atoms with Crippen LogP contribution in [0.1, 0.15) is 28.2 Å². The molecule has 0 aliphatic heterocycles. The first kappa shape index (κ1) is 15.6. The Morgan fingerprint density at radius 1 is 1.29 bits per heavy atom. The van der Waals surface area contributed by atoms with E-state index in [1.165, 1.54) is 24.3 Å². The van der Waals surface area contributed by atoms with Gasteiger partial charge >= 0.3 is 0 Å². The fourth-order valence-corrected chi connectivity index (χ4v) is 3.46. The summed E-state index contributed by atoms with van der Waals surface area (Å²) in [7, 11) is -3.76. The normalized spacial score (nSPS) is 12.9. The van der Waals surface area contributed by atoms with Crippen molar-refractivity contribution in [2.24, 2.45) is 5.14 Å². The van der Waals surface area contributed by atoms with E-state index in [1.54, 1.807) is 19.1 Å². The quantitative estimate of drug-likeness (QED) is 0.900. The zero-order valence-corrected chi connectivity index (χ0v) is 12.7. The molecule has 0 spiro atoms. The Morgan fingerprint density at radius 2 is 1.95 bits per heavy atom. The van der Waals surface area contributed by atoms with Crippen LogP contribution in [-0.2, 0) is 10.0 Å². The van der Waals surface area contributed by atoms with E-state index in [2.05, 4.69) is 5.32 Å². The van der Waals surface area contributed by atoms with Crippen molar-refractivity contribution in [1.29, 1.82) is 0 Å². The first-order valence-corrected chi connectivity index (χ1v) is 8.33. The molecule has 8 heteroatoms. The number of sulfonamides is 1. The lowest BCUT2D eigenvalue weighted by Crippen LogP contribution is -2.26. The molecule has 112 valence electrons. The van der Waals surface area contributed by atoms with Gasteiger partial charge in [0.1, 0.15) is 10.0 Å². The third-order valence-electron chi connectivity index (χ3n) is 2.78. The highest BCUT2D eigenvalue weighted by Crippen LogP contribution is 2.26. The summed E-state index contributed by atoms with van der Waals surface area (Å²) in [5.41, 5.74) is -0.0624. The molecule has 21 heavy (non-hydrogen) atoms. The number of nitrogens with two attached hydrogens (primary N) is 1. The Balaban J connectivity index is 2.15. The van der Waals surface area contributed by atoms with Crippen LogP contribution in [0.25, 0.3) is 0 Å². The minimum atomic E-state index is -3.76. The Labute approximate surface area is 125 Å². The standard InChI is InChI=1S/C13H13FN2O3S2/c1-8(11-6-7-12(20-11)21(15,18)19)16-13(17)9-4-2-3-5-10(9)14/h2-8H,1H3,(H,16,17)(H2,15,18,19). The summed E-state index contributed by atoms with van der Waals surface area (Å²) in [5, 5.41) is 7.64. The summed E-state index contributed by atoms with van der Waals surface area (Å²) in [6.45, 7) is 1.68. The second-order valence-electron chi connectivity index (χ2n) is 4.38. The van der Waals surface area contributed by atoms with Gasteiger partial charge in [-0.05, 0) is 31.2 Å². The average molecular weight is 328 g/mol. The summed E-state index contributed by atoms with van der Waals surface area (Å²) in [6.07, 6.45) is 0. The fraction of sp³-hybridized carbons (Fsp3) is 0.154. The number of amides is 1. The monoisotopic (exact) mass is 328 g/mol. The van der Waals surface area contributed by atoms with Gasteiger partial charge < -0.3 is 5.32 Å². The number of hydrogen-bond donors (Lipinski definition) is 2. The maximum atomic E-state index is 13.5. The van der Waals surface area contributed by atoms with Gasteiger partial charge in [0, 0.05) is 4.88 Å². The molecule has 1 atom stereocenters. The van der Waals surface area contributed by atoms with Gasteiger partial charge in [0.2, 0.25) is 10.0 Å². The van der Waals surface area contributed by atoms with E-state index in [4.69, 9.17) is 5.14 Å². The van der Waals surface area contributed by atoms with Gasteiger partial charge in [-0.2, -0.15) is 0 Å². The number of carbonyl (C=O) groups excluding carboxylic acids is 1. The molecule has 1 unspecified atom stereocenters. The van der Waals surface area contributed by atoms with Crippen LogP contribution in [0.5, 0.6) is 0 Å². The van der Waals surface area contributed by atoms with Gasteiger partial charge in [-0.3, -0.25) is 4.79 Å². The average Bonchev–Trinajstić information content (AvgIpc) is 2.88. The van der Waals surface area contributed by atoms with Crippen LogP contribution in [0, 0.1) is 5.82 Å². The third kappa shape index (κ3) is 3.66. The molecule has 0 saturated heterocycles. The van der Waals surface area contributed by atoms with Gasteiger partial charge in [-0.15, -0.1) is 11.3 Å². The van der Waals surface area contributed by atoms with Crippen LogP contribution in [0.15, 0.2) is 40.6 Å². The van der Waals surface area contributed by atoms with Crippen molar-refractivity contribution in [2.75, 3.05) is 0 Å². The van der Waals surface area contributed by atoms with Crippen molar-refractivity contribution in [1.82, 2.24) is 5.32 Å². The van der Waals surface area contributed by atoms with E-state index in [0.29, 0.717) is 4.88 Å². The van der Waals surface area contributed by atoms with Crippen molar-refractivity contribution in [3.63, 3.8) is 0 Å². The van der Waals surface area contributed by atoms with Crippen molar-refractivity contribution >= 4 is 27.3 Å². The van der Waals surface area contributed by atoms with Crippen LogP contribution >= 0.6 is 11.3 Å². The van der Waals surface area contributed by atoms with Crippen molar-refractivity contribution < 1.29 is 17.6 Å². The molecule has 0 aliphatic carbocycles. The van der Waals surface area contributed by atoms with Crippen LogP contribution in [0.3, 0.4) is 0 Å². The number of primary sulfonamides is 1. The van der Waals surface area contributed by atoms with E-state index in [-0.39, 0.29) is 9.77 Å². The maximum absolute atomic E-state index is 13.5. The minimum absolute atomic E-state index is 0.0180. The van der Waals surface area contributed by atoms with E-state index in [0.717, 1.165) is 11.3 Å². The van der Waals surface area contributed by atoms with Crippen LogP contribution in [-0.4, -0.2) is 14.3 Å². The smallest absolute Gasteiger partial charge is 0.254 e. The SMILES string of the molecule is CC(NC(=O)c1ccccc1F)c1ccc(S(N)(=O)=O)s1. The Morgan fingerprint density at radius 3 is 2.52 bits per heavy atom. The van der Waals surface area contributed by atoms with Crippen LogP contribution in [0.2, 0.25) is 0 Å².